The zero-order valence-corrected chi connectivity index (χ0v) is 21.3. The molecule has 0 unspecified atom stereocenters. The number of nitrogens with one attached hydrogen (secondary N) is 2. The van der Waals surface area contributed by atoms with Gasteiger partial charge in [-0.2, -0.15) is 10.2 Å². The van der Waals surface area contributed by atoms with Gasteiger partial charge < -0.3 is 24.1 Å². The van der Waals surface area contributed by atoms with Crippen molar-refractivity contribution in [1.29, 1.82) is 0 Å². The molecule has 0 aliphatic heterocycles. The summed E-state index contributed by atoms with van der Waals surface area (Å²) in [6, 6.07) is 16.4. The van der Waals surface area contributed by atoms with E-state index < -0.39 is 11.8 Å². The number of nitrogens with zero attached hydrogens (tertiary/aromatic N) is 2. The molecule has 38 heavy (non-hydrogen) atoms. The molecule has 3 aromatic carbocycles. The number of hydrogen-bond acceptors (Lipinski definition) is 9. The van der Waals surface area contributed by atoms with E-state index in [1.165, 1.54) is 24.6 Å². The predicted molar refractivity (Wildman–Crippen MR) is 142 cm³/mol. The van der Waals surface area contributed by atoms with Crippen LogP contribution in [0.3, 0.4) is 0 Å². The topological polar surface area (TPSA) is 140 Å². The molecule has 0 aliphatic carbocycles. The van der Waals surface area contributed by atoms with Gasteiger partial charge in [-0.3, -0.25) is 9.59 Å². The van der Waals surface area contributed by atoms with E-state index >= 15 is 0 Å². The summed E-state index contributed by atoms with van der Waals surface area (Å²) in [6.07, 6.45) is 2.43. The van der Waals surface area contributed by atoms with Crippen LogP contribution in [0.15, 0.2) is 70.9 Å². The van der Waals surface area contributed by atoms with Gasteiger partial charge in [-0.1, -0.05) is 11.6 Å². The highest BCUT2D eigenvalue weighted by atomic mass is 35.5. The SMILES string of the molecule is COc1ccc(OCC(=O)N/N=C/c2cc(Cl)cc(/C=N/NC(=O)COc3ccc(OC)cc3)c2O)cc1. The first kappa shape index (κ1) is 27.8. The van der Waals surface area contributed by atoms with E-state index in [9.17, 15) is 14.7 Å². The Morgan fingerprint density at radius 1 is 0.763 bits per heavy atom. The van der Waals surface area contributed by atoms with E-state index in [-0.39, 0.29) is 35.1 Å². The number of hydrazone groups is 2. The number of phenolic OH excluding ortho intramolecular Hbond substituents is 1. The molecule has 0 radical (unpaired) electrons. The van der Waals surface area contributed by atoms with Gasteiger partial charge in [0.2, 0.25) is 0 Å². The summed E-state index contributed by atoms with van der Waals surface area (Å²) in [5.74, 6) is 1.06. The number of carbonyl (C=O) groups excluding carboxylic acids is 2. The maximum absolute atomic E-state index is 12.0. The van der Waals surface area contributed by atoms with Crippen molar-refractivity contribution < 1.29 is 33.6 Å². The summed E-state index contributed by atoms with van der Waals surface area (Å²) in [5, 5.41) is 18.4. The van der Waals surface area contributed by atoms with Crippen molar-refractivity contribution in [2.45, 2.75) is 0 Å². The van der Waals surface area contributed by atoms with E-state index in [4.69, 9.17) is 30.5 Å². The van der Waals surface area contributed by atoms with Crippen LogP contribution in [0.2, 0.25) is 5.02 Å². The third-order valence-electron chi connectivity index (χ3n) is 4.78. The number of carbonyl (C=O) groups is 2. The van der Waals surface area contributed by atoms with E-state index in [0.29, 0.717) is 23.0 Å². The number of phenols is 1. The van der Waals surface area contributed by atoms with Crippen LogP contribution in [-0.2, 0) is 9.59 Å². The molecule has 0 atom stereocenters. The predicted octanol–water partition coefficient (Wildman–Crippen LogP) is 3.12. The number of ether oxygens (including phenoxy) is 4. The molecule has 0 aromatic heterocycles. The van der Waals surface area contributed by atoms with Gasteiger partial charge in [0, 0.05) is 16.1 Å². The van der Waals surface area contributed by atoms with E-state index in [1.807, 2.05) is 0 Å². The molecule has 12 heteroatoms. The van der Waals surface area contributed by atoms with Crippen molar-refractivity contribution in [2.24, 2.45) is 10.2 Å². The molecule has 0 fully saturated rings. The molecule has 11 nitrogen and oxygen atoms in total. The van der Waals surface area contributed by atoms with Crippen molar-refractivity contribution in [2.75, 3.05) is 27.4 Å². The van der Waals surface area contributed by atoms with Crippen molar-refractivity contribution in [3.05, 3.63) is 76.8 Å². The van der Waals surface area contributed by atoms with Gasteiger partial charge in [0.05, 0.1) is 26.6 Å². The van der Waals surface area contributed by atoms with Crippen LogP contribution >= 0.6 is 11.6 Å². The van der Waals surface area contributed by atoms with Crippen molar-refractivity contribution in [3.8, 4) is 28.7 Å². The normalized spacial score (nSPS) is 10.8. The lowest BCUT2D eigenvalue weighted by molar-refractivity contribution is -0.123. The van der Waals surface area contributed by atoms with E-state index in [1.54, 1.807) is 62.8 Å². The fraction of sp³-hybridized carbons (Fsp3) is 0.154. The summed E-state index contributed by atoms with van der Waals surface area (Å²) in [6.45, 7) is -0.546. The number of methoxy groups -OCH3 is 2. The van der Waals surface area contributed by atoms with Crippen LogP contribution in [0.5, 0.6) is 28.7 Å². The number of hydrogen-bond donors (Lipinski definition) is 3. The minimum Gasteiger partial charge on any atom is -0.507 e. The van der Waals surface area contributed by atoms with Gasteiger partial charge in [-0.25, -0.2) is 10.9 Å². The molecule has 0 saturated carbocycles. The maximum Gasteiger partial charge on any atom is 0.277 e. The fourth-order valence-electron chi connectivity index (χ4n) is 2.89. The first-order valence-corrected chi connectivity index (χ1v) is 11.5. The fourth-order valence-corrected chi connectivity index (χ4v) is 3.13. The van der Waals surface area contributed by atoms with Crippen molar-refractivity contribution in [1.82, 2.24) is 10.9 Å². The van der Waals surface area contributed by atoms with Gasteiger partial charge in [0.25, 0.3) is 11.8 Å². The lowest BCUT2D eigenvalue weighted by atomic mass is 10.1. The van der Waals surface area contributed by atoms with Crippen molar-refractivity contribution >= 4 is 35.8 Å². The number of amides is 2. The molecule has 0 spiro atoms. The summed E-state index contributed by atoms with van der Waals surface area (Å²) < 4.78 is 20.9. The average Bonchev–Trinajstić information content (AvgIpc) is 2.93. The van der Waals surface area contributed by atoms with Gasteiger partial charge in [-0.15, -0.1) is 0 Å². The van der Waals surface area contributed by atoms with Crippen LogP contribution in [0.4, 0.5) is 0 Å². The maximum atomic E-state index is 12.0. The molecular weight excluding hydrogens is 516 g/mol. The number of rotatable bonds is 12. The number of aromatic hydroxyl groups is 1. The Morgan fingerprint density at radius 2 is 1.13 bits per heavy atom. The summed E-state index contributed by atoms with van der Waals surface area (Å²) in [4.78, 5) is 24.0. The van der Waals surface area contributed by atoms with Gasteiger partial charge in [0.15, 0.2) is 13.2 Å². The highest BCUT2D eigenvalue weighted by Gasteiger charge is 2.08. The van der Waals surface area contributed by atoms with Crippen LogP contribution in [0.25, 0.3) is 0 Å². The lowest BCUT2D eigenvalue weighted by Gasteiger charge is -2.07. The quantitative estimate of drug-likeness (QED) is 0.237. The Bertz CT molecular complexity index is 1200. The van der Waals surface area contributed by atoms with Gasteiger partial charge in [-0.05, 0) is 60.7 Å². The molecule has 0 bridgehead atoms. The minimum absolute atomic E-state index is 0.212. The zero-order chi connectivity index (χ0) is 27.3. The first-order valence-electron chi connectivity index (χ1n) is 11.1. The Kier molecular flexibility index (Phi) is 10.3. The standard InChI is InChI=1S/C26H25ClN4O7/c1-35-20-3-7-22(8-4-20)37-15-24(32)30-28-13-17-11-19(27)12-18(26(17)34)14-29-31-25(33)16-38-23-9-5-21(36-2)6-10-23/h3-14,34H,15-16H2,1-2H3,(H,30,32)(H,31,33)/b28-13+,29-14+. The second-order valence-corrected chi connectivity index (χ2v) is 7.88. The largest absolute Gasteiger partial charge is 0.507 e. The number of halogens is 1. The Hall–Kier alpha value is -4.77. The Morgan fingerprint density at radius 3 is 1.50 bits per heavy atom. The summed E-state index contributed by atoms with van der Waals surface area (Å²) in [5.41, 5.74) is 5.02. The third kappa shape index (κ3) is 8.71. The Balaban J connectivity index is 1.49. The second-order valence-electron chi connectivity index (χ2n) is 7.45. The lowest BCUT2D eigenvalue weighted by Crippen LogP contribution is -2.24. The van der Waals surface area contributed by atoms with Gasteiger partial charge >= 0.3 is 0 Å². The molecule has 0 heterocycles. The first-order chi connectivity index (χ1) is 18.4. The smallest absolute Gasteiger partial charge is 0.277 e. The molecule has 3 rings (SSSR count). The van der Waals surface area contributed by atoms with Crippen molar-refractivity contribution in [3.63, 3.8) is 0 Å². The zero-order valence-electron chi connectivity index (χ0n) is 20.5. The van der Waals surface area contributed by atoms with Crippen LogP contribution in [0.1, 0.15) is 11.1 Å². The Labute approximate surface area is 223 Å². The highest BCUT2D eigenvalue weighted by Crippen LogP contribution is 2.25. The molecule has 198 valence electrons. The van der Waals surface area contributed by atoms with Crippen LogP contribution in [0, 0.1) is 0 Å². The molecule has 3 aromatic rings. The average molecular weight is 541 g/mol. The molecule has 3 N–H and O–H groups in total. The van der Waals surface area contributed by atoms with E-state index in [2.05, 4.69) is 21.1 Å². The monoisotopic (exact) mass is 540 g/mol. The highest BCUT2D eigenvalue weighted by molar-refractivity contribution is 6.31. The second kappa shape index (κ2) is 14.1. The number of benzene rings is 3. The molecule has 0 saturated heterocycles. The van der Waals surface area contributed by atoms with Gasteiger partial charge in [0.1, 0.15) is 28.7 Å². The molecule has 0 aliphatic rings. The van der Waals surface area contributed by atoms with E-state index in [0.717, 1.165) is 0 Å². The molecular formula is C26H25ClN4O7. The molecule has 2 amide bonds. The van der Waals surface area contributed by atoms with Crippen LogP contribution < -0.4 is 29.8 Å². The van der Waals surface area contributed by atoms with Crippen LogP contribution in [-0.4, -0.2) is 56.8 Å². The third-order valence-corrected chi connectivity index (χ3v) is 5.00. The summed E-state index contributed by atoms with van der Waals surface area (Å²) in [7, 11) is 3.10. The summed E-state index contributed by atoms with van der Waals surface area (Å²) >= 11 is 6.12. The minimum atomic E-state index is -0.514.